The number of hydrogen-bond donors (Lipinski definition) is 1. The number of ether oxygens (including phenoxy) is 2. The van der Waals surface area contributed by atoms with E-state index in [1.165, 1.54) is 16.7 Å². The lowest BCUT2D eigenvalue weighted by molar-refractivity contribution is -0.123. The third-order valence-corrected chi connectivity index (χ3v) is 5.76. The van der Waals surface area contributed by atoms with Crippen LogP contribution in [-0.4, -0.2) is 49.8 Å². The van der Waals surface area contributed by atoms with E-state index in [-0.39, 0.29) is 18.6 Å². The first-order chi connectivity index (χ1) is 14.3. The van der Waals surface area contributed by atoms with Crippen LogP contribution in [0.25, 0.3) is 0 Å². The predicted molar refractivity (Wildman–Crippen MR) is 113 cm³/mol. The average molecular weight is 395 g/mol. The second-order valence-electron chi connectivity index (χ2n) is 7.92. The maximum absolute atomic E-state index is 11.9. The Bertz CT molecular complexity index is 773. The number of fused-ring (bicyclic) bond motifs is 1. The Labute approximate surface area is 173 Å². The van der Waals surface area contributed by atoms with E-state index in [0.717, 1.165) is 57.7 Å². The Morgan fingerprint density at radius 2 is 1.79 bits per heavy atom. The number of nitrogens with zero attached hydrogens (tertiary/aromatic N) is 1. The molecule has 2 aliphatic heterocycles. The van der Waals surface area contributed by atoms with Crippen molar-refractivity contribution in [1.29, 1.82) is 0 Å². The summed E-state index contributed by atoms with van der Waals surface area (Å²) in [5.41, 5.74) is 4.24. The Morgan fingerprint density at radius 3 is 2.45 bits per heavy atom. The third kappa shape index (κ3) is 5.81. The summed E-state index contributed by atoms with van der Waals surface area (Å²) in [6, 6.07) is 16.9. The Balaban J connectivity index is 1.20. The van der Waals surface area contributed by atoms with Crippen molar-refractivity contribution >= 4 is 5.91 Å². The predicted octanol–water partition coefficient (Wildman–Crippen LogP) is 2.96. The summed E-state index contributed by atoms with van der Waals surface area (Å²) in [4.78, 5) is 14.4. The van der Waals surface area contributed by atoms with E-state index in [9.17, 15) is 4.79 Å². The summed E-state index contributed by atoms with van der Waals surface area (Å²) in [6.07, 6.45) is 4.47. The molecule has 1 fully saturated rings. The summed E-state index contributed by atoms with van der Waals surface area (Å²) < 4.78 is 11.1. The lowest BCUT2D eigenvalue weighted by Gasteiger charge is -2.20. The molecule has 29 heavy (non-hydrogen) atoms. The van der Waals surface area contributed by atoms with Crippen LogP contribution in [0.5, 0.6) is 5.75 Å². The van der Waals surface area contributed by atoms with Crippen molar-refractivity contribution in [2.24, 2.45) is 0 Å². The van der Waals surface area contributed by atoms with Crippen LogP contribution in [0.1, 0.15) is 29.5 Å². The van der Waals surface area contributed by atoms with Crippen LogP contribution in [0, 0.1) is 0 Å². The molecule has 1 atom stereocenters. The highest BCUT2D eigenvalue weighted by molar-refractivity contribution is 5.77. The monoisotopic (exact) mass is 394 g/mol. The Hall–Kier alpha value is -2.37. The molecule has 0 bridgehead atoms. The maximum Gasteiger partial charge on any atom is 0.258 e. The van der Waals surface area contributed by atoms with E-state index in [2.05, 4.69) is 46.6 Å². The normalized spacial score (nSPS) is 19.4. The van der Waals surface area contributed by atoms with Gasteiger partial charge in [0.15, 0.2) is 6.61 Å². The zero-order valence-electron chi connectivity index (χ0n) is 16.9. The van der Waals surface area contributed by atoms with Gasteiger partial charge in [-0.3, -0.25) is 9.69 Å². The number of rotatable bonds is 7. The molecule has 1 N–H and O–H groups in total. The fraction of sp³-hybridized carbons (Fsp3) is 0.458. The van der Waals surface area contributed by atoms with E-state index in [1.807, 2.05) is 12.1 Å². The lowest BCUT2D eigenvalue weighted by atomic mass is 10.0. The minimum atomic E-state index is -0.103. The molecule has 1 amide bonds. The molecule has 2 aromatic rings. The summed E-state index contributed by atoms with van der Waals surface area (Å²) in [5, 5.41) is 2.88. The van der Waals surface area contributed by atoms with Gasteiger partial charge < -0.3 is 14.8 Å². The highest BCUT2D eigenvalue weighted by Crippen LogP contribution is 2.18. The van der Waals surface area contributed by atoms with Crippen molar-refractivity contribution in [3.05, 3.63) is 65.2 Å². The number of amides is 1. The summed E-state index contributed by atoms with van der Waals surface area (Å²) >= 11 is 0. The highest BCUT2D eigenvalue weighted by atomic mass is 16.5. The number of carbonyl (C=O) groups excluding carboxylic acids is 1. The van der Waals surface area contributed by atoms with E-state index in [1.54, 1.807) is 0 Å². The average Bonchev–Trinajstić information content (AvgIpc) is 3.20. The lowest BCUT2D eigenvalue weighted by Crippen LogP contribution is -2.35. The maximum atomic E-state index is 11.9. The van der Waals surface area contributed by atoms with Gasteiger partial charge in [-0.05, 0) is 54.5 Å². The molecule has 0 saturated carbocycles. The first-order valence-corrected chi connectivity index (χ1v) is 10.7. The van der Waals surface area contributed by atoms with Gasteiger partial charge in [0, 0.05) is 32.8 Å². The van der Waals surface area contributed by atoms with Crippen LogP contribution in [0.4, 0.5) is 0 Å². The van der Waals surface area contributed by atoms with Crippen LogP contribution < -0.4 is 10.1 Å². The van der Waals surface area contributed by atoms with E-state index < -0.39 is 0 Å². The Kier molecular flexibility index (Phi) is 6.80. The van der Waals surface area contributed by atoms with Crippen molar-refractivity contribution in [3.8, 4) is 5.75 Å². The van der Waals surface area contributed by atoms with Gasteiger partial charge in [-0.1, -0.05) is 36.4 Å². The Morgan fingerprint density at radius 1 is 1.07 bits per heavy atom. The molecule has 4 rings (SSSR count). The fourth-order valence-corrected chi connectivity index (χ4v) is 4.05. The van der Waals surface area contributed by atoms with Crippen LogP contribution in [-0.2, 0) is 28.9 Å². The summed E-state index contributed by atoms with van der Waals surface area (Å²) in [5.74, 6) is 0.623. The molecule has 2 heterocycles. The van der Waals surface area contributed by atoms with Gasteiger partial charge in [0.2, 0.25) is 0 Å². The molecule has 0 aliphatic carbocycles. The molecule has 154 valence electrons. The van der Waals surface area contributed by atoms with Crippen LogP contribution in [0.3, 0.4) is 0 Å². The van der Waals surface area contributed by atoms with Crippen molar-refractivity contribution in [2.45, 2.75) is 38.3 Å². The third-order valence-electron chi connectivity index (χ3n) is 5.76. The summed E-state index contributed by atoms with van der Waals surface area (Å²) in [6.45, 7) is 4.52. The number of carbonyl (C=O) groups is 1. The molecule has 0 spiro atoms. The van der Waals surface area contributed by atoms with Gasteiger partial charge in [-0.25, -0.2) is 0 Å². The molecule has 2 aromatic carbocycles. The van der Waals surface area contributed by atoms with Gasteiger partial charge in [0.25, 0.3) is 5.91 Å². The van der Waals surface area contributed by atoms with Crippen molar-refractivity contribution in [1.82, 2.24) is 10.2 Å². The minimum absolute atomic E-state index is 0.0381. The largest absolute Gasteiger partial charge is 0.484 e. The van der Waals surface area contributed by atoms with E-state index in [4.69, 9.17) is 9.47 Å². The van der Waals surface area contributed by atoms with Gasteiger partial charge in [-0.2, -0.15) is 0 Å². The van der Waals surface area contributed by atoms with Crippen molar-refractivity contribution in [2.75, 3.05) is 32.8 Å². The van der Waals surface area contributed by atoms with Gasteiger partial charge in [0.1, 0.15) is 5.75 Å². The number of benzene rings is 2. The minimum Gasteiger partial charge on any atom is -0.484 e. The molecule has 5 heteroatoms. The zero-order valence-corrected chi connectivity index (χ0v) is 16.9. The second-order valence-corrected chi connectivity index (χ2v) is 7.92. The quantitative estimate of drug-likeness (QED) is 0.785. The topological polar surface area (TPSA) is 50.8 Å². The van der Waals surface area contributed by atoms with Crippen LogP contribution in [0.15, 0.2) is 48.5 Å². The van der Waals surface area contributed by atoms with Crippen LogP contribution in [0.2, 0.25) is 0 Å². The molecular formula is C24H30N2O3. The highest BCUT2D eigenvalue weighted by Gasteiger charge is 2.16. The molecule has 5 nitrogen and oxygen atoms in total. The smallest absolute Gasteiger partial charge is 0.258 e. The van der Waals surface area contributed by atoms with E-state index in [0.29, 0.717) is 6.54 Å². The molecular weight excluding hydrogens is 364 g/mol. The SMILES string of the molecule is O=C(COc1ccc(CN2CCc3ccccc3CC2)cc1)NCC1CCCO1. The molecule has 1 unspecified atom stereocenters. The molecule has 0 aromatic heterocycles. The van der Waals surface area contributed by atoms with Crippen LogP contribution >= 0.6 is 0 Å². The summed E-state index contributed by atoms with van der Waals surface area (Å²) in [7, 11) is 0. The molecule has 1 saturated heterocycles. The van der Waals surface area contributed by atoms with Gasteiger partial charge >= 0.3 is 0 Å². The first kappa shape index (κ1) is 19.9. The van der Waals surface area contributed by atoms with Crippen molar-refractivity contribution < 1.29 is 14.3 Å². The van der Waals surface area contributed by atoms with E-state index >= 15 is 0 Å². The van der Waals surface area contributed by atoms with Gasteiger partial charge in [-0.15, -0.1) is 0 Å². The first-order valence-electron chi connectivity index (χ1n) is 10.7. The molecule has 0 radical (unpaired) electrons. The van der Waals surface area contributed by atoms with Crippen molar-refractivity contribution in [3.63, 3.8) is 0 Å². The molecule has 2 aliphatic rings. The fourth-order valence-electron chi connectivity index (χ4n) is 4.05. The van der Waals surface area contributed by atoms with Gasteiger partial charge in [0.05, 0.1) is 6.10 Å². The number of nitrogens with one attached hydrogen (secondary N) is 1. The zero-order chi connectivity index (χ0) is 19.9. The second kappa shape index (κ2) is 9.90. The standard InChI is InChI=1S/C24H30N2O3/c27-24(25-16-23-6-3-15-28-23)18-29-22-9-7-19(8-10-22)17-26-13-11-20-4-1-2-5-21(20)12-14-26/h1-2,4-5,7-10,23H,3,6,11-18H2,(H,25,27). The number of hydrogen-bond acceptors (Lipinski definition) is 4.